The molecule has 0 aliphatic heterocycles. The van der Waals surface area contributed by atoms with Crippen LogP contribution >= 0.6 is 0 Å². The Hall–Kier alpha value is -0.913. The molecule has 0 heterocycles. The zero-order chi connectivity index (χ0) is 12.5. The maximum absolute atomic E-state index is 11.2. The highest BCUT2D eigenvalue weighted by Gasteiger charge is 2.19. The maximum atomic E-state index is 11.2. The van der Waals surface area contributed by atoms with Gasteiger partial charge in [0.05, 0.1) is 8.80 Å². The minimum absolute atomic E-state index is 0.0377. The van der Waals surface area contributed by atoms with Crippen LogP contribution in [0.1, 0.15) is 11.1 Å². The van der Waals surface area contributed by atoms with Crippen LogP contribution in [0, 0.1) is 6.92 Å². The van der Waals surface area contributed by atoms with E-state index in [1.54, 1.807) is 6.07 Å². The van der Waals surface area contributed by atoms with E-state index < -0.39 is 18.9 Å². The molecule has 5 heteroatoms. The molecular weight excluding hydrogens is 240 g/mol. The quantitative estimate of drug-likeness (QED) is 0.660. The molecule has 0 radical (unpaired) electrons. The summed E-state index contributed by atoms with van der Waals surface area (Å²) in [4.78, 5) is -0.0377. The van der Waals surface area contributed by atoms with Crippen molar-refractivity contribution in [2.45, 2.75) is 24.9 Å². The molecule has 0 unspecified atom stereocenters. The highest BCUT2D eigenvalue weighted by Crippen LogP contribution is 2.17. The monoisotopic (exact) mass is 256 g/mol. The number of rotatable bonds is 3. The molecule has 0 saturated heterocycles. The van der Waals surface area contributed by atoms with E-state index in [9.17, 15) is 8.42 Å². The minimum atomic E-state index is -4.17. The van der Waals surface area contributed by atoms with Crippen LogP contribution in [-0.2, 0) is 10.1 Å². The molecule has 0 bridgehead atoms. The normalized spacial score (nSPS) is 11.8. The van der Waals surface area contributed by atoms with Crippen molar-refractivity contribution in [1.29, 1.82) is 0 Å². The second-order valence-corrected chi connectivity index (χ2v) is 8.32. The molecule has 0 aliphatic rings. The van der Waals surface area contributed by atoms with Crippen molar-refractivity contribution >= 4 is 30.2 Å². The van der Waals surface area contributed by atoms with Crippen LogP contribution in [0.5, 0.6) is 0 Å². The summed E-state index contributed by atoms with van der Waals surface area (Å²) in [5.74, 6) is 0. The van der Waals surface area contributed by atoms with E-state index in [1.807, 2.05) is 6.92 Å². The van der Waals surface area contributed by atoms with Crippen LogP contribution < -0.4 is 5.19 Å². The van der Waals surface area contributed by atoms with Gasteiger partial charge in [-0.25, -0.2) is 0 Å². The van der Waals surface area contributed by atoms with Crippen LogP contribution in [-0.4, -0.2) is 21.8 Å². The third kappa shape index (κ3) is 2.42. The molecule has 16 heavy (non-hydrogen) atoms. The standard InChI is InChI=1S/C11H16O3SSi/c1-5-9-10(15(12,13)14)7-6-8(2)11(9)16(3)4/h5-7,16H,1H2,2-4H3,(H,12,13,14). The van der Waals surface area contributed by atoms with Crippen molar-refractivity contribution in [3.63, 3.8) is 0 Å². The molecular formula is C11H16O3SSi. The Morgan fingerprint density at radius 2 is 1.94 bits per heavy atom. The molecule has 0 fully saturated rings. The van der Waals surface area contributed by atoms with Crippen LogP contribution in [0.4, 0.5) is 0 Å². The zero-order valence-electron chi connectivity index (χ0n) is 9.69. The van der Waals surface area contributed by atoms with Gasteiger partial charge in [0.2, 0.25) is 0 Å². The minimum Gasteiger partial charge on any atom is -0.282 e. The van der Waals surface area contributed by atoms with Crippen molar-refractivity contribution < 1.29 is 13.0 Å². The van der Waals surface area contributed by atoms with Gasteiger partial charge in [-0.1, -0.05) is 42.6 Å². The molecule has 0 aliphatic carbocycles. The molecule has 88 valence electrons. The highest BCUT2D eigenvalue weighted by molar-refractivity contribution is 7.86. The summed E-state index contributed by atoms with van der Waals surface area (Å²) >= 11 is 0. The summed E-state index contributed by atoms with van der Waals surface area (Å²) in [6.07, 6.45) is 1.51. The van der Waals surface area contributed by atoms with E-state index >= 15 is 0 Å². The van der Waals surface area contributed by atoms with E-state index in [4.69, 9.17) is 4.55 Å². The number of aryl methyl sites for hydroxylation is 1. The summed E-state index contributed by atoms with van der Waals surface area (Å²) in [7, 11) is -5.34. The smallest absolute Gasteiger partial charge is 0.282 e. The SMILES string of the molecule is C=Cc1c(S(=O)(=O)O)ccc(C)c1[SiH](C)C. The van der Waals surface area contributed by atoms with E-state index in [0.29, 0.717) is 5.56 Å². The predicted molar refractivity (Wildman–Crippen MR) is 69.6 cm³/mol. The number of hydrogen-bond donors (Lipinski definition) is 1. The maximum Gasteiger partial charge on any atom is 0.295 e. The fourth-order valence-electron chi connectivity index (χ4n) is 1.93. The Balaban J connectivity index is 3.69. The van der Waals surface area contributed by atoms with Gasteiger partial charge in [0.25, 0.3) is 10.1 Å². The molecule has 0 atom stereocenters. The molecule has 1 aromatic rings. The zero-order valence-corrected chi connectivity index (χ0v) is 11.7. The summed E-state index contributed by atoms with van der Waals surface area (Å²) < 4.78 is 31.6. The molecule has 1 aromatic carbocycles. The van der Waals surface area contributed by atoms with Crippen LogP contribution in [0.25, 0.3) is 6.08 Å². The molecule has 0 amide bonds. The summed E-state index contributed by atoms with van der Waals surface area (Å²) in [5, 5.41) is 1.05. The van der Waals surface area contributed by atoms with Gasteiger partial charge < -0.3 is 0 Å². The van der Waals surface area contributed by atoms with Crippen molar-refractivity contribution in [3.05, 3.63) is 29.8 Å². The first kappa shape index (κ1) is 13.2. The van der Waals surface area contributed by atoms with E-state index in [0.717, 1.165) is 10.8 Å². The van der Waals surface area contributed by atoms with Crippen molar-refractivity contribution in [2.75, 3.05) is 0 Å². The second-order valence-electron chi connectivity index (χ2n) is 4.04. The first-order valence-corrected chi connectivity index (χ1v) is 9.35. The molecule has 0 aromatic heterocycles. The molecule has 3 nitrogen and oxygen atoms in total. The fourth-order valence-corrected chi connectivity index (χ4v) is 4.65. The number of hydrogen-bond acceptors (Lipinski definition) is 2. The van der Waals surface area contributed by atoms with Gasteiger partial charge in [0, 0.05) is 0 Å². The third-order valence-corrected chi connectivity index (χ3v) is 5.36. The van der Waals surface area contributed by atoms with Gasteiger partial charge in [0.1, 0.15) is 4.90 Å². The number of benzene rings is 1. The highest BCUT2D eigenvalue weighted by atomic mass is 32.2. The first-order chi connectivity index (χ1) is 7.29. The molecule has 1 N–H and O–H groups in total. The van der Waals surface area contributed by atoms with Gasteiger partial charge in [-0.05, 0) is 18.6 Å². The second kappa shape index (κ2) is 4.53. The summed E-state index contributed by atoms with van der Waals surface area (Å²) in [5.41, 5.74) is 1.62. The van der Waals surface area contributed by atoms with Crippen LogP contribution in [0.15, 0.2) is 23.6 Å². The van der Waals surface area contributed by atoms with E-state index in [1.165, 1.54) is 12.1 Å². The van der Waals surface area contributed by atoms with Crippen molar-refractivity contribution in [1.82, 2.24) is 0 Å². The van der Waals surface area contributed by atoms with Gasteiger partial charge in [-0.15, -0.1) is 0 Å². The molecule has 0 saturated carbocycles. The Kier molecular flexibility index (Phi) is 3.72. The van der Waals surface area contributed by atoms with Crippen LogP contribution in [0.2, 0.25) is 13.1 Å². The Bertz CT molecular complexity index is 518. The van der Waals surface area contributed by atoms with Gasteiger partial charge in [0.15, 0.2) is 0 Å². The average Bonchev–Trinajstić information content (AvgIpc) is 2.14. The van der Waals surface area contributed by atoms with Crippen LogP contribution in [0.3, 0.4) is 0 Å². The van der Waals surface area contributed by atoms with Crippen molar-refractivity contribution in [2.24, 2.45) is 0 Å². The average molecular weight is 256 g/mol. The van der Waals surface area contributed by atoms with Gasteiger partial charge in [-0.3, -0.25) is 4.55 Å². The fraction of sp³-hybridized carbons (Fsp3) is 0.273. The summed E-state index contributed by atoms with van der Waals surface area (Å²) in [6.45, 7) is 9.81. The van der Waals surface area contributed by atoms with Crippen molar-refractivity contribution in [3.8, 4) is 0 Å². The third-order valence-electron chi connectivity index (χ3n) is 2.52. The van der Waals surface area contributed by atoms with E-state index in [-0.39, 0.29) is 4.90 Å². The largest absolute Gasteiger partial charge is 0.295 e. The topological polar surface area (TPSA) is 54.4 Å². The predicted octanol–water partition coefficient (Wildman–Crippen LogP) is 1.58. The summed E-state index contributed by atoms with van der Waals surface area (Å²) in [6, 6.07) is 3.17. The van der Waals surface area contributed by atoms with E-state index in [2.05, 4.69) is 19.7 Å². The molecule has 1 rings (SSSR count). The van der Waals surface area contributed by atoms with Gasteiger partial charge in [-0.2, -0.15) is 8.42 Å². The Morgan fingerprint density at radius 3 is 2.31 bits per heavy atom. The molecule has 0 spiro atoms. The first-order valence-electron chi connectivity index (χ1n) is 5.02. The lowest BCUT2D eigenvalue weighted by Crippen LogP contribution is -2.30. The lowest BCUT2D eigenvalue weighted by Gasteiger charge is -2.15. The lowest BCUT2D eigenvalue weighted by molar-refractivity contribution is 0.483. The van der Waals surface area contributed by atoms with Gasteiger partial charge >= 0.3 is 0 Å². The Labute approximate surface area is 98.2 Å². The lowest BCUT2D eigenvalue weighted by atomic mass is 10.1. The Morgan fingerprint density at radius 1 is 1.38 bits per heavy atom.